The van der Waals surface area contributed by atoms with Gasteiger partial charge in [0.25, 0.3) is 0 Å². The Bertz CT molecular complexity index is 613. The van der Waals surface area contributed by atoms with Crippen molar-refractivity contribution in [1.82, 2.24) is 0 Å². The molecular formula is C18H21NO3. The van der Waals surface area contributed by atoms with E-state index in [2.05, 4.69) is 13.8 Å². The van der Waals surface area contributed by atoms with E-state index in [1.54, 1.807) is 24.3 Å². The fraction of sp³-hybridized carbons (Fsp3) is 0.444. The predicted molar refractivity (Wildman–Crippen MR) is 84.7 cm³/mol. The van der Waals surface area contributed by atoms with Gasteiger partial charge in [-0.2, -0.15) is 0 Å². The van der Waals surface area contributed by atoms with Crippen molar-refractivity contribution in [2.24, 2.45) is 11.8 Å². The quantitative estimate of drug-likeness (QED) is 0.635. The molecule has 0 radical (unpaired) electrons. The molecule has 22 heavy (non-hydrogen) atoms. The minimum atomic E-state index is -0.192. The largest absolute Gasteiger partial charge is 0.494 e. The number of hydrogen-bond donors (Lipinski definition) is 0. The molecule has 2 aliphatic rings. The Morgan fingerprint density at radius 2 is 1.50 bits per heavy atom. The second-order valence-corrected chi connectivity index (χ2v) is 6.12. The number of nitrogens with zero attached hydrogens (tertiary/aromatic N) is 1. The van der Waals surface area contributed by atoms with E-state index in [1.165, 1.54) is 16.0 Å². The van der Waals surface area contributed by atoms with E-state index in [0.717, 1.165) is 5.75 Å². The SMILES string of the molecule is CCOc1ccc(N2C(=O)C3CC(C)=C(C)CC3C2=O)cc1. The summed E-state index contributed by atoms with van der Waals surface area (Å²) >= 11 is 0. The Balaban J connectivity index is 1.87. The van der Waals surface area contributed by atoms with Crippen LogP contribution in [0.25, 0.3) is 0 Å². The Morgan fingerprint density at radius 1 is 1.00 bits per heavy atom. The van der Waals surface area contributed by atoms with Crippen molar-refractivity contribution < 1.29 is 14.3 Å². The van der Waals surface area contributed by atoms with Crippen LogP contribution in [0.15, 0.2) is 35.4 Å². The maximum atomic E-state index is 12.7. The van der Waals surface area contributed by atoms with Crippen molar-refractivity contribution in [2.75, 3.05) is 11.5 Å². The zero-order valence-corrected chi connectivity index (χ0v) is 13.3. The number of rotatable bonds is 3. The van der Waals surface area contributed by atoms with Gasteiger partial charge in [0.05, 0.1) is 24.1 Å². The molecule has 0 saturated carbocycles. The molecule has 116 valence electrons. The number of amides is 2. The number of benzene rings is 1. The Kier molecular flexibility index (Phi) is 3.77. The molecule has 2 atom stereocenters. The highest BCUT2D eigenvalue weighted by molar-refractivity contribution is 6.22. The third-order valence-electron chi connectivity index (χ3n) is 4.75. The highest BCUT2D eigenvalue weighted by atomic mass is 16.5. The van der Waals surface area contributed by atoms with Crippen LogP contribution < -0.4 is 9.64 Å². The minimum Gasteiger partial charge on any atom is -0.494 e. The smallest absolute Gasteiger partial charge is 0.238 e. The van der Waals surface area contributed by atoms with Gasteiger partial charge in [-0.3, -0.25) is 14.5 Å². The number of carbonyl (C=O) groups excluding carboxylic acids is 2. The first kappa shape index (κ1) is 14.8. The maximum Gasteiger partial charge on any atom is 0.238 e. The first-order chi connectivity index (χ1) is 10.5. The van der Waals surface area contributed by atoms with Gasteiger partial charge in [-0.1, -0.05) is 11.1 Å². The van der Waals surface area contributed by atoms with Gasteiger partial charge in [0.15, 0.2) is 0 Å². The highest BCUT2D eigenvalue weighted by Crippen LogP contribution is 2.42. The van der Waals surface area contributed by atoms with E-state index in [0.29, 0.717) is 25.1 Å². The molecule has 0 aromatic heterocycles. The zero-order valence-electron chi connectivity index (χ0n) is 13.3. The third kappa shape index (κ3) is 2.32. The van der Waals surface area contributed by atoms with Gasteiger partial charge >= 0.3 is 0 Å². The predicted octanol–water partition coefficient (Wildman–Crippen LogP) is 3.32. The molecule has 0 spiro atoms. The lowest BCUT2D eigenvalue weighted by Crippen LogP contribution is -2.30. The molecule has 1 aromatic rings. The summed E-state index contributed by atoms with van der Waals surface area (Å²) in [4.78, 5) is 26.7. The molecule has 2 amide bonds. The second-order valence-electron chi connectivity index (χ2n) is 6.12. The number of hydrogen-bond acceptors (Lipinski definition) is 3. The topological polar surface area (TPSA) is 46.6 Å². The molecule has 1 aromatic carbocycles. The summed E-state index contributed by atoms with van der Waals surface area (Å²) < 4.78 is 5.40. The first-order valence-corrected chi connectivity index (χ1v) is 7.78. The molecule has 1 fully saturated rings. The van der Waals surface area contributed by atoms with Crippen LogP contribution in [-0.4, -0.2) is 18.4 Å². The van der Waals surface area contributed by atoms with Crippen molar-refractivity contribution >= 4 is 17.5 Å². The summed E-state index contributed by atoms with van der Waals surface area (Å²) in [6, 6.07) is 7.17. The molecule has 0 N–H and O–H groups in total. The first-order valence-electron chi connectivity index (χ1n) is 7.78. The molecular weight excluding hydrogens is 278 g/mol. The molecule has 3 rings (SSSR count). The summed E-state index contributed by atoms with van der Waals surface area (Å²) in [5.74, 6) is 0.235. The van der Waals surface area contributed by atoms with E-state index in [9.17, 15) is 9.59 Å². The minimum absolute atomic E-state index is 0.0639. The van der Waals surface area contributed by atoms with Crippen LogP contribution in [0.3, 0.4) is 0 Å². The maximum absolute atomic E-state index is 12.7. The number of imide groups is 1. The second kappa shape index (κ2) is 5.59. The van der Waals surface area contributed by atoms with Gasteiger partial charge in [0, 0.05) is 0 Å². The number of ether oxygens (including phenoxy) is 1. The van der Waals surface area contributed by atoms with Crippen molar-refractivity contribution in [2.45, 2.75) is 33.6 Å². The monoisotopic (exact) mass is 299 g/mol. The van der Waals surface area contributed by atoms with Crippen LogP contribution in [0, 0.1) is 11.8 Å². The lowest BCUT2D eigenvalue weighted by molar-refractivity contribution is -0.122. The van der Waals surface area contributed by atoms with E-state index in [-0.39, 0.29) is 23.7 Å². The molecule has 1 saturated heterocycles. The Morgan fingerprint density at radius 3 is 1.95 bits per heavy atom. The highest BCUT2D eigenvalue weighted by Gasteiger charge is 2.49. The van der Waals surface area contributed by atoms with E-state index >= 15 is 0 Å². The van der Waals surface area contributed by atoms with Gasteiger partial charge < -0.3 is 4.74 Å². The van der Waals surface area contributed by atoms with Gasteiger partial charge in [-0.15, -0.1) is 0 Å². The van der Waals surface area contributed by atoms with Crippen LogP contribution in [0.1, 0.15) is 33.6 Å². The lowest BCUT2D eigenvalue weighted by atomic mass is 9.78. The Labute approximate surface area is 130 Å². The fourth-order valence-electron chi connectivity index (χ4n) is 3.36. The van der Waals surface area contributed by atoms with Crippen LogP contribution in [-0.2, 0) is 9.59 Å². The molecule has 1 aliphatic carbocycles. The Hall–Kier alpha value is -2.10. The summed E-state index contributed by atoms with van der Waals surface area (Å²) in [5.41, 5.74) is 3.13. The normalized spacial score (nSPS) is 24.8. The number of allylic oxidation sites excluding steroid dienone is 2. The summed E-state index contributed by atoms with van der Waals surface area (Å²) in [5, 5.41) is 0. The van der Waals surface area contributed by atoms with Crippen molar-refractivity contribution in [1.29, 1.82) is 0 Å². The molecule has 4 heteroatoms. The summed E-state index contributed by atoms with van der Waals surface area (Å²) in [6.45, 7) is 6.63. The van der Waals surface area contributed by atoms with E-state index in [1.807, 2.05) is 6.92 Å². The van der Waals surface area contributed by atoms with Crippen LogP contribution in [0.2, 0.25) is 0 Å². The van der Waals surface area contributed by atoms with Crippen molar-refractivity contribution in [3.05, 3.63) is 35.4 Å². The van der Waals surface area contributed by atoms with Crippen molar-refractivity contribution in [3.63, 3.8) is 0 Å². The standard InChI is InChI=1S/C18H21NO3/c1-4-22-14-7-5-13(6-8-14)19-17(20)15-9-11(2)12(3)10-16(15)18(19)21/h5-8,15-16H,4,9-10H2,1-3H3. The van der Waals surface area contributed by atoms with Crippen LogP contribution >= 0.6 is 0 Å². The average molecular weight is 299 g/mol. The van der Waals surface area contributed by atoms with E-state index in [4.69, 9.17) is 4.74 Å². The lowest BCUT2D eigenvalue weighted by Gasteiger charge is -2.23. The van der Waals surface area contributed by atoms with Crippen LogP contribution in [0.4, 0.5) is 5.69 Å². The van der Waals surface area contributed by atoms with Crippen LogP contribution in [0.5, 0.6) is 5.75 Å². The van der Waals surface area contributed by atoms with Gasteiger partial charge in [0.1, 0.15) is 5.75 Å². The van der Waals surface area contributed by atoms with Gasteiger partial charge in [-0.25, -0.2) is 0 Å². The summed E-state index contributed by atoms with van der Waals surface area (Å²) in [6.07, 6.45) is 1.41. The van der Waals surface area contributed by atoms with E-state index < -0.39 is 0 Å². The molecule has 1 aliphatic heterocycles. The fourth-order valence-corrected chi connectivity index (χ4v) is 3.36. The number of carbonyl (C=O) groups is 2. The molecule has 1 heterocycles. The molecule has 0 bridgehead atoms. The summed E-state index contributed by atoms with van der Waals surface area (Å²) in [7, 11) is 0. The average Bonchev–Trinajstić information content (AvgIpc) is 2.73. The molecule has 4 nitrogen and oxygen atoms in total. The molecule has 2 unspecified atom stereocenters. The number of anilines is 1. The van der Waals surface area contributed by atoms with Gasteiger partial charge in [0.2, 0.25) is 11.8 Å². The van der Waals surface area contributed by atoms with Gasteiger partial charge in [-0.05, 0) is 57.9 Å². The van der Waals surface area contributed by atoms with Crippen molar-refractivity contribution in [3.8, 4) is 5.75 Å². The number of fused-ring (bicyclic) bond motifs is 1. The zero-order chi connectivity index (χ0) is 15.9. The third-order valence-corrected chi connectivity index (χ3v) is 4.75.